The number of hydrogen-bond donors (Lipinski definition) is 1. The number of furan rings is 1. The van der Waals surface area contributed by atoms with Crippen LogP contribution in [0.15, 0.2) is 22.8 Å². The number of terminal acetylenes is 1. The van der Waals surface area contributed by atoms with Gasteiger partial charge in [0, 0.05) is 13.0 Å². The van der Waals surface area contributed by atoms with E-state index in [1.165, 1.54) is 0 Å². The highest BCUT2D eigenvalue weighted by atomic mass is 16.3. The Morgan fingerprint density at radius 2 is 2.55 bits per heavy atom. The van der Waals surface area contributed by atoms with E-state index >= 15 is 0 Å². The van der Waals surface area contributed by atoms with Crippen LogP contribution in [0, 0.1) is 12.3 Å². The van der Waals surface area contributed by atoms with E-state index in [0.717, 1.165) is 25.3 Å². The molecule has 1 N–H and O–H groups in total. The highest BCUT2D eigenvalue weighted by molar-refractivity contribution is 4.97. The van der Waals surface area contributed by atoms with Crippen molar-refractivity contribution < 1.29 is 4.42 Å². The maximum atomic E-state index is 5.10. The van der Waals surface area contributed by atoms with E-state index in [0.29, 0.717) is 0 Å². The highest BCUT2D eigenvalue weighted by Gasteiger charge is 1.91. The lowest BCUT2D eigenvalue weighted by atomic mass is 10.4. The molecule has 1 aromatic rings. The van der Waals surface area contributed by atoms with Gasteiger partial charge in [0.25, 0.3) is 0 Å². The first-order valence-electron chi connectivity index (χ1n) is 3.60. The van der Waals surface area contributed by atoms with E-state index in [4.69, 9.17) is 10.8 Å². The molecule has 0 aliphatic rings. The molecule has 11 heavy (non-hydrogen) atoms. The van der Waals surface area contributed by atoms with Crippen molar-refractivity contribution in [1.82, 2.24) is 5.32 Å². The molecule has 0 saturated carbocycles. The lowest BCUT2D eigenvalue weighted by Crippen LogP contribution is -2.13. The third-order valence-corrected chi connectivity index (χ3v) is 1.33. The van der Waals surface area contributed by atoms with Crippen molar-refractivity contribution in [3.8, 4) is 12.3 Å². The Hall–Kier alpha value is -1.20. The molecule has 0 saturated heterocycles. The summed E-state index contributed by atoms with van der Waals surface area (Å²) in [4.78, 5) is 0. The zero-order valence-electron chi connectivity index (χ0n) is 6.34. The fourth-order valence-electron chi connectivity index (χ4n) is 0.785. The van der Waals surface area contributed by atoms with E-state index in [9.17, 15) is 0 Å². The molecule has 0 fully saturated rings. The first-order chi connectivity index (χ1) is 5.43. The zero-order valence-corrected chi connectivity index (χ0v) is 6.34. The maximum Gasteiger partial charge on any atom is 0.117 e. The van der Waals surface area contributed by atoms with Gasteiger partial charge < -0.3 is 9.73 Å². The van der Waals surface area contributed by atoms with Crippen LogP contribution in [0.2, 0.25) is 0 Å². The normalized spacial score (nSPS) is 9.36. The smallest absolute Gasteiger partial charge is 0.117 e. The van der Waals surface area contributed by atoms with Crippen LogP contribution in [-0.2, 0) is 6.54 Å². The molecule has 0 unspecified atom stereocenters. The minimum atomic E-state index is 0.759. The lowest BCUT2D eigenvalue weighted by molar-refractivity contribution is 0.485. The van der Waals surface area contributed by atoms with Crippen molar-refractivity contribution >= 4 is 0 Å². The van der Waals surface area contributed by atoms with Gasteiger partial charge in [-0.1, -0.05) is 0 Å². The van der Waals surface area contributed by atoms with Gasteiger partial charge >= 0.3 is 0 Å². The zero-order chi connectivity index (χ0) is 7.94. The first kappa shape index (κ1) is 7.90. The van der Waals surface area contributed by atoms with Crippen molar-refractivity contribution in [1.29, 1.82) is 0 Å². The Morgan fingerprint density at radius 3 is 3.18 bits per heavy atom. The SMILES string of the molecule is C#CCCNCc1ccco1. The van der Waals surface area contributed by atoms with Gasteiger partial charge in [0.15, 0.2) is 0 Å². The summed E-state index contributed by atoms with van der Waals surface area (Å²) in [5, 5.41) is 3.15. The maximum absolute atomic E-state index is 5.10. The fraction of sp³-hybridized carbons (Fsp3) is 0.333. The van der Waals surface area contributed by atoms with Gasteiger partial charge in [-0.15, -0.1) is 12.3 Å². The van der Waals surface area contributed by atoms with E-state index in [1.807, 2.05) is 12.1 Å². The van der Waals surface area contributed by atoms with Gasteiger partial charge in [-0.3, -0.25) is 0 Å². The molecule has 58 valence electrons. The summed E-state index contributed by atoms with van der Waals surface area (Å²) in [6.07, 6.45) is 7.50. The monoisotopic (exact) mass is 149 g/mol. The summed E-state index contributed by atoms with van der Waals surface area (Å²) < 4.78 is 5.10. The molecular formula is C9H11NO. The summed E-state index contributed by atoms with van der Waals surface area (Å²) in [6, 6.07) is 3.81. The molecule has 0 bridgehead atoms. The van der Waals surface area contributed by atoms with Gasteiger partial charge in [-0.25, -0.2) is 0 Å². The summed E-state index contributed by atoms with van der Waals surface area (Å²) in [6.45, 7) is 1.60. The molecule has 1 rings (SSSR count). The fourth-order valence-corrected chi connectivity index (χ4v) is 0.785. The van der Waals surface area contributed by atoms with Crippen LogP contribution in [0.4, 0.5) is 0 Å². The van der Waals surface area contributed by atoms with Crippen LogP contribution in [0.1, 0.15) is 12.2 Å². The second-order valence-electron chi connectivity index (χ2n) is 2.21. The predicted octanol–water partition coefficient (Wildman–Crippen LogP) is 1.39. The minimum absolute atomic E-state index is 0.759. The van der Waals surface area contributed by atoms with Gasteiger partial charge in [0.1, 0.15) is 5.76 Å². The van der Waals surface area contributed by atoms with E-state index in [-0.39, 0.29) is 0 Å². The molecular weight excluding hydrogens is 138 g/mol. The molecule has 0 aliphatic heterocycles. The lowest BCUT2D eigenvalue weighted by Gasteiger charge is -1.97. The van der Waals surface area contributed by atoms with Crippen molar-refractivity contribution in [2.45, 2.75) is 13.0 Å². The summed E-state index contributed by atoms with van der Waals surface area (Å²) >= 11 is 0. The predicted molar refractivity (Wildman–Crippen MR) is 43.9 cm³/mol. The topological polar surface area (TPSA) is 25.2 Å². The molecule has 1 aromatic heterocycles. The third kappa shape index (κ3) is 2.92. The second-order valence-corrected chi connectivity index (χ2v) is 2.21. The third-order valence-electron chi connectivity index (χ3n) is 1.33. The largest absolute Gasteiger partial charge is 0.468 e. The molecule has 2 heteroatoms. The molecule has 1 heterocycles. The molecule has 2 nitrogen and oxygen atoms in total. The molecule has 0 aliphatic carbocycles. The first-order valence-corrected chi connectivity index (χ1v) is 3.60. The summed E-state index contributed by atoms with van der Waals surface area (Å²) in [5.74, 6) is 3.50. The Labute approximate surface area is 66.6 Å². The summed E-state index contributed by atoms with van der Waals surface area (Å²) in [7, 11) is 0. The minimum Gasteiger partial charge on any atom is -0.468 e. The van der Waals surface area contributed by atoms with Crippen LogP contribution in [-0.4, -0.2) is 6.54 Å². The van der Waals surface area contributed by atoms with Crippen LogP contribution in [0.25, 0.3) is 0 Å². The Kier molecular flexibility index (Phi) is 3.30. The standard InChI is InChI=1S/C9H11NO/c1-2-3-6-10-8-9-5-4-7-11-9/h1,4-5,7,10H,3,6,8H2. The number of nitrogens with one attached hydrogen (secondary N) is 1. The van der Waals surface area contributed by atoms with Crippen LogP contribution in [0.3, 0.4) is 0 Å². The van der Waals surface area contributed by atoms with Crippen molar-refractivity contribution in [3.63, 3.8) is 0 Å². The van der Waals surface area contributed by atoms with E-state index in [1.54, 1.807) is 6.26 Å². The molecule has 0 aromatic carbocycles. The van der Waals surface area contributed by atoms with Gasteiger partial charge in [-0.2, -0.15) is 0 Å². The molecule has 0 amide bonds. The Balaban J connectivity index is 2.10. The average molecular weight is 149 g/mol. The second kappa shape index (κ2) is 4.59. The van der Waals surface area contributed by atoms with Crippen LogP contribution in [0.5, 0.6) is 0 Å². The molecule has 0 atom stereocenters. The Bertz CT molecular complexity index is 220. The summed E-state index contributed by atoms with van der Waals surface area (Å²) in [5.41, 5.74) is 0. The molecule has 0 radical (unpaired) electrons. The number of rotatable bonds is 4. The van der Waals surface area contributed by atoms with Crippen molar-refractivity contribution in [2.75, 3.05) is 6.54 Å². The highest BCUT2D eigenvalue weighted by Crippen LogP contribution is 1.97. The number of hydrogen-bond acceptors (Lipinski definition) is 2. The van der Waals surface area contributed by atoms with Gasteiger partial charge in [0.05, 0.1) is 12.8 Å². The van der Waals surface area contributed by atoms with Crippen LogP contribution >= 0.6 is 0 Å². The molecule has 0 spiro atoms. The van der Waals surface area contributed by atoms with Crippen molar-refractivity contribution in [3.05, 3.63) is 24.2 Å². The van der Waals surface area contributed by atoms with E-state index in [2.05, 4.69) is 11.2 Å². The Morgan fingerprint density at radius 1 is 1.64 bits per heavy atom. The quantitative estimate of drug-likeness (QED) is 0.517. The van der Waals surface area contributed by atoms with Crippen molar-refractivity contribution in [2.24, 2.45) is 0 Å². The van der Waals surface area contributed by atoms with E-state index < -0.39 is 0 Å². The van der Waals surface area contributed by atoms with Gasteiger partial charge in [0.2, 0.25) is 0 Å². The van der Waals surface area contributed by atoms with Gasteiger partial charge in [-0.05, 0) is 12.1 Å². The van der Waals surface area contributed by atoms with Crippen LogP contribution < -0.4 is 5.32 Å². The average Bonchev–Trinajstić information content (AvgIpc) is 2.50.